The van der Waals surface area contributed by atoms with Crippen molar-refractivity contribution < 1.29 is 13.6 Å². The fraction of sp³-hybridized carbons (Fsp3) is 0.222. The summed E-state index contributed by atoms with van der Waals surface area (Å²) < 4.78 is 27.1. The van der Waals surface area contributed by atoms with E-state index in [-0.39, 0.29) is 16.4 Å². The Morgan fingerprint density at radius 1 is 1.07 bits per heavy atom. The van der Waals surface area contributed by atoms with Crippen LogP contribution in [0.1, 0.15) is 31.1 Å². The first-order valence-electron chi connectivity index (χ1n) is 7.81. The predicted molar refractivity (Wildman–Crippen MR) is 108 cm³/mol. The minimum atomic E-state index is -0.710. The van der Waals surface area contributed by atoms with E-state index >= 15 is 0 Å². The summed E-state index contributed by atoms with van der Waals surface area (Å²) in [7, 11) is 0. The number of benzene rings is 2. The number of carbonyl (C=O) groups is 1. The van der Waals surface area contributed by atoms with Gasteiger partial charge >= 0.3 is 0 Å². The van der Waals surface area contributed by atoms with Crippen LogP contribution in [0.2, 0.25) is 10.0 Å². The molecule has 0 aliphatic rings. The minimum Gasteiger partial charge on any atom is -0.329 e. The highest BCUT2D eigenvalue weighted by molar-refractivity contribution is 7.80. The Labute approximate surface area is 171 Å². The zero-order valence-corrected chi connectivity index (χ0v) is 17.1. The number of rotatable bonds is 2. The molecule has 0 unspecified atom stereocenters. The van der Waals surface area contributed by atoms with Gasteiger partial charge in [-0.1, -0.05) is 23.2 Å². The summed E-state index contributed by atoms with van der Waals surface area (Å²) in [5.41, 5.74) is 2.10. The van der Waals surface area contributed by atoms with E-state index < -0.39 is 23.1 Å². The maximum absolute atomic E-state index is 13.8. The monoisotopic (exact) mass is 431 g/mol. The van der Waals surface area contributed by atoms with E-state index in [0.29, 0.717) is 10.0 Å². The second-order valence-electron chi connectivity index (χ2n) is 6.66. The molecule has 0 spiro atoms. The van der Waals surface area contributed by atoms with Crippen LogP contribution in [0, 0.1) is 11.6 Å². The Balaban J connectivity index is 2.25. The molecule has 0 aliphatic carbocycles. The molecule has 0 saturated carbocycles. The van der Waals surface area contributed by atoms with Gasteiger partial charge in [0.1, 0.15) is 11.6 Å². The van der Waals surface area contributed by atoms with Crippen LogP contribution in [0.15, 0.2) is 36.4 Å². The summed E-state index contributed by atoms with van der Waals surface area (Å²) in [6, 6.07) is 7.38. The molecule has 0 heterocycles. The van der Waals surface area contributed by atoms with E-state index in [4.69, 9.17) is 35.4 Å². The molecule has 0 atom stereocenters. The largest absolute Gasteiger partial charge is 0.329 e. The quantitative estimate of drug-likeness (QED) is 0.492. The SMILES string of the molecule is CC(C)(C)N(NC(=S)Nc1cc(F)ccc1F)C(=O)c1cc(Cl)cc(Cl)c1. The first-order valence-corrected chi connectivity index (χ1v) is 8.97. The summed E-state index contributed by atoms with van der Waals surface area (Å²) in [4.78, 5) is 12.9. The van der Waals surface area contributed by atoms with Crippen molar-refractivity contribution >= 4 is 52.1 Å². The minimum absolute atomic E-state index is 0.0871. The molecule has 2 N–H and O–H groups in total. The fourth-order valence-electron chi connectivity index (χ4n) is 2.17. The molecule has 1 amide bonds. The van der Waals surface area contributed by atoms with Gasteiger partial charge in [-0.15, -0.1) is 0 Å². The molecule has 2 aromatic carbocycles. The van der Waals surface area contributed by atoms with E-state index in [2.05, 4.69) is 10.7 Å². The molecular weight excluding hydrogens is 415 g/mol. The Hall–Kier alpha value is -1.96. The van der Waals surface area contributed by atoms with Gasteiger partial charge in [0.2, 0.25) is 0 Å². The standard InChI is InChI=1S/C18H17Cl2F2N3OS/c1-18(2,3)25(16(26)10-6-11(19)8-12(20)7-10)24-17(27)23-15-9-13(21)4-5-14(15)22/h4-9H,1-3H3,(H2,23,24,27). The highest BCUT2D eigenvalue weighted by atomic mass is 35.5. The second kappa shape index (κ2) is 8.37. The van der Waals surface area contributed by atoms with Gasteiger partial charge in [-0.3, -0.25) is 10.2 Å². The zero-order chi connectivity index (χ0) is 20.4. The van der Waals surface area contributed by atoms with Gasteiger partial charge in [0.25, 0.3) is 5.91 Å². The van der Waals surface area contributed by atoms with E-state index in [9.17, 15) is 13.6 Å². The molecule has 0 aliphatic heterocycles. The average Bonchev–Trinajstić information content (AvgIpc) is 2.53. The van der Waals surface area contributed by atoms with Gasteiger partial charge < -0.3 is 5.32 Å². The van der Waals surface area contributed by atoms with Crippen molar-refractivity contribution in [3.05, 3.63) is 63.6 Å². The molecule has 2 rings (SSSR count). The van der Waals surface area contributed by atoms with Crippen LogP contribution in [0.5, 0.6) is 0 Å². The number of amides is 1. The van der Waals surface area contributed by atoms with Gasteiger partial charge in [0, 0.05) is 21.7 Å². The first-order chi connectivity index (χ1) is 12.5. The Kier molecular flexibility index (Phi) is 6.62. The molecule has 0 fully saturated rings. The van der Waals surface area contributed by atoms with Gasteiger partial charge in [0.05, 0.1) is 11.2 Å². The average molecular weight is 432 g/mol. The number of hydrogen-bond acceptors (Lipinski definition) is 2. The third kappa shape index (κ3) is 5.76. The third-order valence-electron chi connectivity index (χ3n) is 3.37. The van der Waals surface area contributed by atoms with Crippen LogP contribution in [0.4, 0.5) is 14.5 Å². The Morgan fingerprint density at radius 3 is 2.22 bits per heavy atom. The molecular formula is C18H17Cl2F2N3OS. The maximum Gasteiger partial charge on any atom is 0.272 e. The number of hydrazine groups is 1. The summed E-state index contributed by atoms with van der Waals surface area (Å²) in [5.74, 6) is -1.76. The Bertz CT molecular complexity index is 867. The number of carbonyl (C=O) groups excluding carboxylic acids is 1. The van der Waals surface area contributed by atoms with Crippen molar-refractivity contribution in [3.8, 4) is 0 Å². The molecule has 0 saturated heterocycles. The van der Waals surface area contributed by atoms with Crippen molar-refractivity contribution in [1.29, 1.82) is 0 Å². The van der Waals surface area contributed by atoms with Crippen molar-refractivity contribution in [3.63, 3.8) is 0 Å². The maximum atomic E-state index is 13.8. The number of hydrogen-bond donors (Lipinski definition) is 2. The van der Waals surface area contributed by atoms with Crippen LogP contribution < -0.4 is 10.7 Å². The highest BCUT2D eigenvalue weighted by Gasteiger charge is 2.29. The number of nitrogens with zero attached hydrogens (tertiary/aromatic N) is 1. The lowest BCUT2D eigenvalue weighted by molar-refractivity contribution is 0.0499. The van der Waals surface area contributed by atoms with Crippen LogP contribution >= 0.6 is 35.4 Å². The van der Waals surface area contributed by atoms with Crippen molar-refractivity contribution in [2.24, 2.45) is 0 Å². The summed E-state index contributed by atoms with van der Waals surface area (Å²) in [6.45, 7) is 5.32. The van der Waals surface area contributed by atoms with E-state index in [0.717, 1.165) is 18.2 Å². The van der Waals surface area contributed by atoms with Crippen LogP contribution in [-0.2, 0) is 0 Å². The molecule has 27 heavy (non-hydrogen) atoms. The van der Waals surface area contributed by atoms with Gasteiger partial charge in [0.15, 0.2) is 5.11 Å². The molecule has 9 heteroatoms. The van der Waals surface area contributed by atoms with E-state index in [1.807, 2.05) is 0 Å². The summed E-state index contributed by atoms with van der Waals surface area (Å²) >= 11 is 17.1. The van der Waals surface area contributed by atoms with Crippen LogP contribution in [0.25, 0.3) is 0 Å². The first kappa shape index (κ1) is 21.3. The number of nitrogens with one attached hydrogen (secondary N) is 2. The van der Waals surface area contributed by atoms with E-state index in [1.165, 1.54) is 23.2 Å². The Morgan fingerprint density at radius 2 is 1.67 bits per heavy atom. The highest BCUT2D eigenvalue weighted by Crippen LogP contribution is 2.22. The van der Waals surface area contributed by atoms with Crippen molar-refractivity contribution in [2.45, 2.75) is 26.3 Å². The summed E-state index contributed by atoms with van der Waals surface area (Å²) in [6.07, 6.45) is 0. The fourth-order valence-corrected chi connectivity index (χ4v) is 2.90. The van der Waals surface area contributed by atoms with Gasteiger partial charge in [-0.05, 0) is 63.3 Å². The lowest BCUT2D eigenvalue weighted by Crippen LogP contribution is -2.56. The lowest BCUT2D eigenvalue weighted by Gasteiger charge is -2.36. The number of anilines is 1. The van der Waals surface area contributed by atoms with Gasteiger partial charge in [-0.25, -0.2) is 13.8 Å². The molecule has 0 aromatic heterocycles. The molecule has 144 valence electrons. The molecule has 2 aromatic rings. The van der Waals surface area contributed by atoms with Crippen LogP contribution in [0.3, 0.4) is 0 Å². The normalized spacial score (nSPS) is 11.1. The zero-order valence-electron chi connectivity index (χ0n) is 14.7. The van der Waals surface area contributed by atoms with E-state index in [1.54, 1.807) is 20.8 Å². The molecule has 0 radical (unpaired) electrons. The van der Waals surface area contributed by atoms with Crippen molar-refractivity contribution in [2.75, 3.05) is 5.32 Å². The van der Waals surface area contributed by atoms with Crippen molar-refractivity contribution in [1.82, 2.24) is 10.4 Å². The van der Waals surface area contributed by atoms with Crippen LogP contribution in [-0.4, -0.2) is 21.6 Å². The topological polar surface area (TPSA) is 44.4 Å². The number of halogens is 4. The third-order valence-corrected chi connectivity index (χ3v) is 4.00. The van der Waals surface area contributed by atoms with Gasteiger partial charge in [-0.2, -0.15) is 0 Å². The summed E-state index contributed by atoms with van der Waals surface area (Å²) in [5, 5.41) is 4.32. The molecule has 0 bridgehead atoms. The second-order valence-corrected chi connectivity index (χ2v) is 7.94. The molecule has 4 nitrogen and oxygen atoms in total. The predicted octanol–water partition coefficient (Wildman–Crippen LogP) is 5.41. The number of thiocarbonyl (C=S) groups is 1. The smallest absolute Gasteiger partial charge is 0.272 e. The lowest BCUT2D eigenvalue weighted by atomic mass is 10.1.